The van der Waals surface area contributed by atoms with E-state index in [1.807, 2.05) is 26.0 Å². The Balaban J connectivity index is 1.97. The molecular formula is C27H25NO6. The van der Waals surface area contributed by atoms with Gasteiger partial charge in [-0.25, -0.2) is 0 Å². The number of hydrogen-bond acceptors (Lipinski definition) is 6. The number of amides is 1. The van der Waals surface area contributed by atoms with Gasteiger partial charge in [0, 0.05) is 11.3 Å². The summed E-state index contributed by atoms with van der Waals surface area (Å²) in [5.41, 5.74) is 3.21. The van der Waals surface area contributed by atoms with Crippen LogP contribution in [0.2, 0.25) is 0 Å². The molecule has 3 aromatic rings. The van der Waals surface area contributed by atoms with Gasteiger partial charge in [0.15, 0.2) is 11.5 Å². The zero-order valence-corrected chi connectivity index (χ0v) is 19.3. The van der Waals surface area contributed by atoms with E-state index in [-0.39, 0.29) is 17.1 Å². The summed E-state index contributed by atoms with van der Waals surface area (Å²) in [6.45, 7) is 3.81. The summed E-state index contributed by atoms with van der Waals surface area (Å²) in [4.78, 5) is 28.0. The van der Waals surface area contributed by atoms with Crippen molar-refractivity contribution in [3.63, 3.8) is 0 Å². The third-order valence-corrected chi connectivity index (χ3v) is 6.15. The largest absolute Gasteiger partial charge is 0.508 e. The molecule has 1 atom stereocenters. The summed E-state index contributed by atoms with van der Waals surface area (Å²) in [5.74, 6) is -0.987. The number of aliphatic hydroxyl groups is 1. The van der Waals surface area contributed by atoms with Gasteiger partial charge in [0.2, 0.25) is 0 Å². The quantitative estimate of drug-likeness (QED) is 0.328. The summed E-state index contributed by atoms with van der Waals surface area (Å²) in [5, 5.41) is 21.1. The minimum Gasteiger partial charge on any atom is -0.508 e. The second-order valence-corrected chi connectivity index (χ2v) is 8.05. The summed E-state index contributed by atoms with van der Waals surface area (Å²) in [6, 6.07) is 15.6. The molecule has 1 saturated heterocycles. The number of methoxy groups -OCH3 is 2. The van der Waals surface area contributed by atoms with Crippen LogP contribution in [0, 0.1) is 13.8 Å². The molecule has 1 aliphatic heterocycles. The molecule has 0 spiro atoms. The molecule has 7 nitrogen and oxygen atoms in total. The second kappa shape index (κ2) is 8.94. The maximum Gasteiger partial charge on any atom is 0.300 e. The van der Waals surface area contributed by atoms with Crippen molar-refractivity contribution in [1.29, 1.82) is 0 Å². The molecule has 0 saturated carbocycles. The Hall–Kier alpha value is -4.26. The fraction of sp³-hybridized carbons (Fsp3) is 0.185. The van der Waals surface area contributed by atoms with Crippen LogP contribution in [-0.2, 0) is 9.59 Å². The van der Waals surface area contributed by atoms with Crippen LogP contribution in [0.15, 0.2) is 66.2 Å². The number of ether oxygens (including phenoxy) is 2. The van der Waals surface area contributed by atoms with Crippen LogP contribution in [0.3, 0.4) is 0 Å². The van der Waals surface area contributed by atoms with Crippen molar-refractivity contribution in [2.45, 2.75) is 19.9 Å². The number of anilines is 1. The summed E-state index contributed by atoms with van der Waals surface area (Å²) < 4.78 is 10.6. The molecule has 1 amide bonds. The van der Waals surface area contributed by atoms with Gasteiger partial charge in [0.25, 0.3) is 11.7 Å². The van der Waals surface area contributed by atoms with Gasteiger partial charge in [0.1, 0.15) is 11.5 Å². The molecule has 4 rings (SSSR count). The molecular weight excluding hydrogens is 434 g/mol. The van der Waals surface area contributed by atoms with Crippen LogP contribution in [0.25, 0.3) is 5.76 Å². The third-order valence-electron chi connectivity index (χ3n) is 6.15. The molecule has 1 aliphatic rings. The van der Waals surface area contributed by atoms with E-state index in [0.717, 1.165) is 11.1 Å². The number of aryl methyl sites for hydroxylation is 1. The van der Waals surface area contributed by atoms with E-state index < -0.39 is 17.7 Å². The number of ketones is 1. The summed E-state index contributed by atoms with van der Waals surface area (Å²) in [7, 11) is 2.97. The summed E-state index contributed by atoms with van der Waals surface area (Å²) in [6.07, 6.45) is 0. The van der Waals surface area contributed by atoms with Crippen LogP contribution >= 0.6 is 0 Å². The highest BCUT2D eigenvalue weighted by Gasteiger charge is 2.47. The van der Waals surface area contributed by atoms with E-state index in [4.69, 9.17) is 9.47 Å². The molecule has 0 aliphatic carbocycles. The first-order valence-electron chi connectivity index (χ1n) is 10.7. The minimum absolute atomic E-state index is 0.0485. The normalized spacial score (nSPS) is 17.2. The van der Waals surface area contributed by atoms with Crippen LogP contribution in [0.4, 0.5) is 5.69 Å². The second-order valence-electron chi connectivity index (χ2n) is 8.05. The predicted molar refractivity (Wildman–Crippen MR) is 128 cm³/mol. The van der Waals surface area contributed by atoms with Crippen LogP contribution in [-0.4, -0.2) is 36.1 Å². The summed E-state index contributed by atoms with van der Waals surface area (Å²) >= 11 is 0. The van der Waals surface area contributed by atoms with Gasteiger partial charge in [-0.3, -0.25) is 14.5 Å². The van der Waals surface area contributed by atoms with Crippen molar-refractivity contribution in [1.82, 2.24) is 0 Å². The lowest BCUT2D eigenvalue weighted by Gasteiger charge is -2.27. The SMILES string of the molecule is COc1ccc(/C(O)=C2\C(=O)C(=O)N(c3cccc(C)c3C)C2c2ccc(O)cc2)cc1OC. The average Bonchev–Trinajstić information content (AvgIpc) is 3.10. The van der Waals surface area contributed by atoms with E-state index in [1.165, 1.54) is 31.3 Å². The predicted octanol–water partition coefficient (Wildman–Crippen LogP) is 4.65. The average molecular weight is 459 g/mol. The molecule has 0 radical (unpaired) electrons. The molecule has 1 heterocycles. The lowest BCUT2D eigenvalue weighted by molar-refractivity contribution is -0.132. The van der Waals surface area contributed by atoms with Crippen LogP contribution in [0.1, 0.15) is 28.3 Å². The van der Waals surface area contributed by atoms with Crippen molar-refractivity contribution in [2.75, 3.05) is 19.1 Å². The molecule has 7 heteroatoms. The van der Waals surface area contributed by atoms with Gasteiger partial charge < -0.3 is 19.7 Å². The standard InChI is InChI=1S/C27H25NO6/c1-15-6-5-7-20(16(15)2)28-24(17-8-11-19(29)12-9-17)23(26(31)27(28)32)25(30)18-10-13-21(33-3)22(14-18)34-4/h5-14,24,29-30H,1-4H3/b25-23+. The van der Waals surface area contributed by atoms with E-state index in [9.17, 15) is 19.8 Å². The number of nitrogens with zero attached hydrogens (tertiary/aromatic N) is 1. The number of benzene rings is 3. The lowest BCUT2D eigenvalue weighted by Crippen LogP contribution is -2.30. The van der Waals surface area contributed by atoms with Crippen LogP contribution in [0.5, 0.6) is 17.2 Å². The number of rotatable bonds is 5. The number of hydrogen-bond donors (Lipinski definition) is 2. The molecule has 34 heavy (non-hydrogen) atoms. The van der Waals surface area contributed by atoms with Crippen molar-refractivity contribution in [2.24, 2.45) is 0 Å². The number of aliphatic hydroxyl groups excluding tert-OH is 1. The van der Waals surface area contributed by atoms with Crippen molar-refractivity contribution in [3.8, 4) is 17.2 Å². The van der Waals surface area contributed by atoms with Gasteiger partial charge >= 0.3 is 0 Å². The molecule has 0 bridgehead atoms. The van der Waals surface area contributed by atoms with E-state index >= 15 is 0 Å². The first kappa shape index (κ1) is 22.9. The highest BCUT2D eigenvalue weighted by molar-refractivity contribution is 6.51. The van der Waals surface area contributed by atoms with Gasteiger partial charge in [-0.2, -0.15) is 0 Å². The number of phenolic OH excluding ortho intramolecular Hbond substituents is 1. The monoisotopic (exact) mass is 459 g/mol. The number of carbonyl (C=O) groups is 2. The molecule has 1 unspecified atom stereocenters. The van der Waals surface area contributed by atoms with E-state index in [0.29, 0.717) is 28.3 Å². The van der Waals surface area contributed by atoms with Gasteiger partial charge in [0.05, 0.1) is 25.8 Å². The molecule has 0 aromatic heterocycles. The maximum absolute atomic E-state index is 13.3. The molecule has 174 valence electrons. The molecule has 1 fully saturated rings. The third kappa shape index (κ3) is 3.75. The Kier molecular flexibility index (Phi) is 6.03. The van der Waals surface area contributed by atoms with Crippen molar-refractivity contribution < 1.29 is 29.3 Å². The lowest BCUT2D eigenvalue weighted by atomic mass is 9.94. The highest BCUT2D eigenvalue weighted by atomic mass is 16.5. The topological polar surface area (TPSA) is 96.3 Å². The van der Waals surface area contributed by atoms with E-state index in [2.05, 4.69) is 0 Å². The van der Waals surface area contributed by atoms with Gasteiger partial charge in [-0.15, -0.1) is 0 Å². The Morgan fingerprint density at radius 2 is 1.59 bits per heavy atom. The number of Topliss-reactive ketones (excluding diaryl/α,β-unsaturated/α-hetero) is 1. The smallest absolute Gasteiger partial charge is 0.300 e. The van der Waals surface area contributed by atoms with Gasteiger partial charge in [-0.1, -0.05) is 24.3 Å². The van der Waals surface area contributed by atoms with Crippen molar-refractivity contribution in [3.05, 3.63) is 88.5 Å². The zero-order chi connectivity index (χ0) is 24.6. The number of carbonyl (C=O) groups excluding carboxylic acids is 2. The first-order valence-corrected chi connectivity index (χ1v) is 10.7. The number of aromatic hydroxyl groups is 1. The first-order chi connectivity index (χ1) is 16.3. The Labute approximate surface area is 197 Å². The fourth-order valence-corrected chi connectivity index (χ4v) is 4.19. The minimum atomic E-state index is -0.894. The molecule has 2 N–H and O–H groups in total. The Morgan fingerprint density at radius 1 is 0.912 bits per heavy atom. The number of phenols is 1. The highest BCUT2D eigenvalue weighted by Crippen LogP contribution is 2.44. The maximum atomic E-state index is 13.3. The zero-order valence-electron chi connectivity index (χ0n) is 19.3. The van der Waals surface area contributed by atoms with Crippen molar-refractivity contribution >= 4 is 23.1 Å². The van der Waals surface area contributed by atoms with E-state index in [1.54, 1.807) is 36.4 Å². The Bertz CT molecular complexity index is 1310. The Morgan fingerprint density at radius 3 is 2.24 bits per heavy atom. The van der Waals surface area contributed by atoms with Crippen LogP contribution < -0.4 is 14.4 Å². The fourth-order valence-electron chi connectivity index (χ4n) is 4.19. The van der Waals surface area contributed by atoms with Gasteiger partial charge in [-0.05, 0) is 66.9 Å². The molecule has 3 aromatic carbocycles.